The number of hydrogen-bond acceptors (Lipinski definition) is 4. The predicted octanol–water partition coefficient (Wildman–Crippen LogP) is 5.72. The van der Waals surface area contributed by atoms with E-state index >= 15 is 0 Å². The lowest BCUT2D eigenvalue weighted by Gasteiger charge is -2.57. The van der Waals surface area contributed by atoms with Gasteiger partial charge in [0.15, 0.2) is 0 Å². The molecule has 4 heteroatoms. The summed E-state index contributed by atoms with van der Waals surface area (Å²) in [5, 5.41) is 14.8. The molecular weight excluding hydrogens is 396 g/mol. The van der Waals surface area contributed by atoms with Gasteiger partial charge in [-0.2, -0.15) is 0 Å². The van der Waals surface area contributed by atoms with Crippen molar-refractivity contribution in [3.05, 3.63) is 23.3 Å². The lowest BCUT2D eigenvalue weighted by Crippen LogP contribution is -2.50. The first-order valence-electron chi connectivity index (χ1n) is 13.4. The van der Waals surface area contributed by atoms with E-state index in [1.165, 1.54) is 63.6 Å². The molecule has 0 bridgehead atoms. The Hall–Kier alpha value is -1.13. The Balaban J connectivity index is 1.24. The van der Waals surface area contributed by atoms with E-state index in [0.29, 0.717) is 12.0 Å². The number of aliphatic hydroxyl groups excluding tert-OH is 1. The lowest BCUT2D eigenvalue weighted by atomic mass is 9.47. The molecule has 0 spiro atoms. The van der Waals surface area contributed by atoms with Gasteiger partial charge in [0.2, 0.25) is 0 Å². The van der Waals surface area contributed by atoms with Gasteiger partial charge in [0, 0.05) is 6.54 Å². The van der Waals surface area contributed by atoms with Crippen LogP contribution in [0.5, 0.6) is 0 Å². The standard InChI is InChI=1S/C28H44N2O2/c1-20(29-32-18-17-30-15-5-4-6-16-30)24-9-10-25-23-8-7-21-19-22(31)11-13-27(21,2)26(23)12-14-28(24,25)3/h7,9,22-23,25-26,31H,4-6,8,10-19H2,1-3H3/b29-20+. The number of likely N-dealkylation sites (tertiary alicyclic amines) is 1. The number of allylic oxidation sites excluding steroid dienone is 3. The molecule has 0 radical (unpaired) electrons. The molecule has 178 valence electrons. The van der Waals surface area contributed by atoms with Crippen LogP contribution in [0.15, 0.2) is 28.5 Å². The minimum Gasteiger partial charge on any atom is -0.394 e. The fourth-order valence-electron chi connectivity index (χ4n) is 8.31. The van der Waals surface area contributed by atoms with Crippen LogP contribution in [-0.2, 0) is 4.84 Å². The average molecular weight is 441 g/mol. The fourth-order valence-corrected chi connectivity index (χ4v) is 8.31. The van der Waals surface area contributed by atoms with E-state index in [4.69, 9.17) is 4.84 Å². The van der Waals surface area contributed by atoms with Crippen LogP contribution in [0.4, 0.5) is 0 Å². The third-order valence-electron chi connectivity index (χ3n) is 10.2. The Labute approximate surface area is 195 Å². The van der Waals surface area contributed by atoms with Crippen molar-refractivity contribution in [2.24, 2.45) is 33.7 Å². The summed E-state index contributed by atoms with van der Waals surface area (Å²) < 4.78 is 0. The molecule has 2 saturated carbocycles. The summed E-state index contributed by atoms with van der Waals surface area (Å²) in [6.45, 7) is 11.3. The second kappa shape index (κ2) is 8.91. The summed E-state index contributed by atoms with van der Waals surface area (Å²) in [6, 6.07) is 0. The molecule has 32 heavy (non-hydrogen) atoms. The number of rotatable bonds is 5. The third kappa shape index (κ3) is 3.90. The van der Waals surface area contributed by atoms with Gasteiger partial charge in [-0.15, -0.1) is 0 Å². The maximum absolute atomic E-state index is 10.2. The highest BCUT2D eigenvalue weighted by Crippen LogP contribution is 2.65. The monoisotopic (exact) mass is 440 g/mol. The number of piperidine rings is 1. The van der Waals surface area contributed by atoms with E-state index in [-0.39, 0.29) is 11.5 Å². The molecule has 4 nitrogen and oxygen atoms in total. The number of oxime groups is 1. The van der Waals surface area contributed by atoms with E-state index < -0.39 is 0 Å². The molecule has 6 atom stereocenters. The predicted molar refractivity (Wildman–Crippen MR) is 131 cm³/mol. The van der Waals surface area contributed by atoms with E-state index in [0.717, 1.165) is 49.3 Å². The van der Waals surface area contributed by atoms with Crippen LogP contribution >= 0.6 is 0 Å². The summed E-state index contributed by atoms with van der Waals surface area (Å²) in [5.41, 5.74) is 4.67. The molecule has 1 aliphatic heterocycles. The fraction of sp³-hybridized carbons (Fsp3) is 0.821. The first-order chi connectivity index (χ1) is 15.4. The van der Waals surface area contributed by atoms with Gasteiger partial charge in [0.1, 0.15) is 6.61 Å². The molecule has 0 aromatic heterocycles. The summed E-state index contributed by atoms with van der Waals surface area (Å²) in [7, 11) is 0. The number of aliphatic hydroxyl groups is 1. The van der Waals surface area contributed by atoms with Crippen LogP contribution in [-0.4, -0.2) is 48.1 Å². The second-order valence-electron chi connectivity index (χ2n) is 11.9. The van der Waals surface area contributed by atoms with Gasteiger partial charge in [-0.1, -0.05) is 43.1 Å². The minimum absolute atomic E-state index is 0.117. The third-order valence-corrected chi connectivity index (χ3v) is 10.2. The molecule has 5 aliphatic rings. The maximum Gasteiger partial charge on any atom is 0.129 e. The number of fused-ring (bicyclic) bond motifs is 5. The smallest absolute Gasteiger partial charge is 0.129 e. The Bertz CT molecular complexity index is 795. The maximum atomic E-state index is 10.2. The molecule has 5 rings (SSSR count). The highest BCUT2D eigenvalue weighted by atomic mass is 16.6. The summed E-state index contributed by atoms with van der Waals surface area (Å²) >= 11 is 0. The van der Waals surface area contributed by atoms with Crippen LogP contribution in [0.25, 0.3) is 0 Å². The molecule has 6 unspecified atom stereocenters. The van der Waals surface area contributed by atoms with E-state index in [1.54, 1.807) is 5.57 Å². The van der Waals surface area contributed by atoms with E-state index in [1.807, 2.05) is 0 Å². The zero-order valence-corrected chi connectivity index (χ0v) is 20.6. The highest BCUT2D eigenvalue weighted by Gasteiger charge is 2.56. The van der Waals surface area contributed by atoms with E-state index in [9.17, 15) is 5.11 Å². The van der Waals surface area contributed by atoms with Gasteiger partial charge >= 0.3 is 0 Å². The van der Waals surface area contributed by atoms with Crippen molar-refractivity contribution in [2.45, 2.75) is 91.1 Å². The second-order valence-corrected chi connectivity index (χ2v) is 11.9. The number of hydrogen-bond donors (Lipinski definition) is 1. The van der Waals surface area contributed by atoms with Crippen molar-refractivity contribution in [3.8, 4) is 0 Å². The highest BCUT2D eigenvalue weighted by molar-refractivity contribution is 5.99. The van der Waals surface area contributed by atoms with Crippen molar-refractivity contribution in [1.29, 1.82) is 0 Å². The Morgan fingerprint density at radius 1 is 1.06 bits per heavy atom. The molecule has 3 fully saturated rings. The molecule has 1 saturated heterocycles. The SMILES string of the molecule is C/C(=N\OCCN1CCCCC1)C1=CCC2C3CC=C4CC(O)CCC4(C)C3CCC12C. The normalized spacial score (nSPS) is 42.4. The van der Waals surface area contributed by atoms with Gasteiger partial charge in [0.25, 0.3) is 0 Å². The van der Waals surface area contributed by atoms with E-state index in [2.05, 4.69) is 43.0 Å². The van der Waals surface area contributed by atoms with Crippen LogP contribution < -0.4 is 0 Å². The van der Waals surface area contributed by atoms with Crippen molar-refractivity contribution in [2.75, 3.05) is 26.2 Å². The van der Waals surface area contributed by atoms with Crippen LogP contribution in [0.2, 0.25) is 0 Å². The summed E-state index contributed by atoms with van der Waals surface area (Å²) in [6.07, 6.45) is 16.9. The van der Waals surface area contributed by atoms with Gasteiger partial charge in [-0.05, 0) is 112 Å². The molecule has 1 heterocycles. The van der Waals surface area contributed by atoms with Gasteiger partial charge < -0.3 is 9.94 Å². The molecular formula is C28H44N2O2. The zero-order chi connectivity index (χ0) is 22.3. The Morgan fingerprint density at radius 2 is 1.84 bits per heavy atom. The molecule has 0 aromatic rings. The first-order valence-corrected chi connectivity index (χ1v) is 13.4. The Kier molecular flexibility index (Phi) is 6.30. The first kappa shape index (κ1) is 22.7. The summed E-state index contributed by atoms with van der Waals surface area (Å²) in [5.74, 6) is 2.26. The quantitative estimate of drug-likeness (QED) is 0.257. The Morgan fingerprint density at radius 3 is 2.66 bits per heavy atom. The average Bonchev–Trinajstić information content (AvgIpc) is 3.15. The van der Waals surface area contributed by atoms with Crippen molar-refractivity contribution in [3.63, 3.8) is 0 Å². The van der Waals surface area contributed by atoms with Gasteiger partial charge in [-0.3, -0.25) is 4.90 Å². The molecule has 4 aliphatic carbocycles. The van der Waals surface area contributed by atoms with Crippen LogP contribution in [0.1, 0.15) is 85.0 Å². The minimum atomic E-state index is -0.117. The van der Waals surface area contributed by atoms with Crippen molar-refractivity contribution in [1.82, 2.24) is 4.90 Å². The van der Waals surface area contributed by atoms with Crippen molar-refractivity contribution >= 4 is 5.71 Å². The largest absolute Gasteiger partial charge is 0.394 e. The lowest BCUT2D eigenvalue weighted by molar-refractivity contribution is -0.0280. The van der Waals surface area contributed by atoms with Gasteiger partial charge in [0.05, 0.1) is 11.8 Å². The number of nitrogens with zero attached hydrogens (tertiary/aromatic N) is 2. The zero-order valence-electron chi connectivity index (χ0n) is 20.6. The molecule has 1 N–H and O–H groups in total. The molecule has 0 aromatic carbocycles. The van der Waals surface area contributed by atoms with Crippen LogP contribution in [0, 0.1) is 28.6 Å². The van der Waals surface area contributed by atoms with Crippen molar-refractivity contribution < 1.29 is 9.94 Å². The molecule has 0 amide bonds. The topological polar surface area (TPSA) is 45.1 Å². The van der Waals surface area contributed by atoms with Crippen LogP contribution in [0.3, 0.4) is 0 Å². The summed E-state index contributed by atoms with van der Waals surface area (Å²) in [4.78, 5) is 8.32. The van der Waals surface area contributed by atoms with Gasteiger partial charge in [-0.25, -0.2) is 0 Å².